The number of carbonyl (C=O) groups is 2. The number of nitrogens with zero attached hydrogens (tertiary/aromatic N) is 1. The van der Waals surface area contributed by atoms with Gasteiger partial charge in [0.2, 0.25) is 5.91 Å². The second-order valence-corrected chi connectivity index (χ2v) is 10.5. The fourth-order valence-corrected chi connectivity index (χ4v) is 3.78. The zero-order valence-corrected chi connectivity index (χ0v) is 21.3. The van der Waals surface area contributed by atoms with Gasteiger partial charge in [-0.3, -0.25) is 9.59 Å². The number of rotatable bonds is 9. The van der Waals surface area contributed by atoms with Crippen LogP contribution in [0.5, 0.6) is 5.75 Å². The van der Waals surface area contributed by atoms with E-state index in [1.807, 2.05) is 82.3 Å². The Morgan fingerprint density at radius 1 is 0.939 bits per heavy atom. The van der Waals surface area contributed by atoms with Crippen molar-refractivity contribution in [2.24, 2.45) is 0 Å². The minimum Gasteiger partial charge on any atom is -0.483 e. The fraction of sp³-hybridized carbons (Fsp3) is 0.500. The van der Waals surface area contributed by atoms with E-state index in [-0.39, 0.29) is 29.4 Å². The van der Waals surface area contributed by atoms with Crippen molar-refractivity contribution in [1.29, 1.82) is 0 Å². The quantitative estimate of drug-likeness (QED) is 0.574. The molecule has 2 amide bonds. The molecular weight excluding hydrogens is 412 g/mol. The Morgan fingerprint density at radius 3 is 2.12 bits per heavy atom. The molecular formula is C28H40N2O3. The van der Waals surface area contributed by atoms with Gasteiger partial charge in [-0.25, -0.2) is 0 Å². The van der Waals surface area contributed by atoms with Crippen LogP contribution in [0.4, 0.5) is 0 Å². The van der Waals surface area contributed by atoms with Gasteiger partial charge in [0.05, 0.1) is 0 Å². The Labute approximate surface area is 199 Å². The lowest BCUT2D eigenvalue weighted by Crippen LogP contribution is -2.55. The molecule has 0 bridgehead atoms. The first kappa shape index (κ1) is 26.4. The van der Waals surface area contributed by atoms with Crippen LogP contribution in [0.1, 0.15) is 66.0 Å². The summed E-state index contributed by atoms with van der Waals surface area (Å²) in [5.74, 6) is 0.376. The molecule has 0 saturated heterocycles. The van der Waals surface area contributed by atoms with Crippen LogP contribution in [0, 0.1) is 0 Å². The molecule has 2 rings (SSSR count). The van der Waals surface area contributed by atoms with Crippen LogP contribution in [0.25, 0.3) is 0 Å². The standard InChI is InChI=1S/C28H40N2O3/c1-8-23(26(32)29-28(5,6)7)30(19-18-21-14-10-9-11-15-21)25(31)20-33-24-17-13-12-16-22(24)27(2,3)4/h9-17,23H,8,18-20H2,1-7H3,(H,29,32)/t23-/m1/s1. The van der Waals surface area contributed by atoms with Crippen molar-refractivity contribution in [2.75, 3.05) is 13.2 Å². The molecule has 33 heavy (non-hydrogen) atoms. The van der Waals surface area contributed by atoms with Gasteiger partial charge in [-0.1, -0.05) is 76.2 Å². The van der Waals surface area contributed by atoms with Crippen molar-refractivity contribution >= 4 is 11.8 Å². The second-order valence-electron chi connectivity index (χ2n) is 10.5. The van der Waals surface area contributed by atoms with Gasteiger partial charge < -0.3 is 15.0 Å². The zero-order valence-electron chi connectivity index (χ0n) is 21.3. The van der Waals surface area contributed by atoms with E-state index in [2.05, 4.69) is 26.1 Å². The molecule has 1 N–H and O–H groups in total. The Morgan fingerprint density at radius 2 is 1.55 bits per heavy atom. The highest BCUT2D eigenvalue weighted by Crippen LogP contribution is 2.31. The number of carbonyl (C=O) groups excluding carboxylic acids is 2. The van der Waals surface area contributed by atoms with E-state index in [4.69, 9.17) is 4.74 Å². The average Bonchev–Trinajstić information content (AvgIpc) is 2.74. The van der Waals surface area contributed by atoms with Crippen LogP contribution in [0.15, 0.2) is 54.6 Å². The van der Waals surface area contributed by atoms with Crippen molar-refractivity contribution in [3.05, 3.63) is 65.7 Å². The summed E-state index contributed by atoms with van der Waals surface area (Å²) in [6.45, 7) is 14.5. The Hall–Kier alpha value is -2.82. The molecule has 0 radical (unpaired) electrons. The van der Waals surface area contributed by atoms with Crippen LogP contribution < -0.4 is 10.1 Å². The highest BCUT2D eigenvalue weighted by atomic mass is 16.5. The third-order valence-corrected chi connectivity index (χ3v) is 5.41. The summed E-state index contributed by atoms with van der Waals surface area (Å²) >= 11 is 0. The summed E-state index contributed by atoms with van der Waals surface area (Å²) in [4.78, 5) is 28.1. The normalized spacial score (nSPS) is 12.7. The van der Waals surface area contributed by atoms with Gasteiger partial charge in [0.15, 0.2) is 6.61 Å². The lowest BCUT2D eigenvalue weighted by atomic mass is 9.86. The molecule has 5 nitrogen and oxygen atoms in total. The number of benzene rings is 2. The largest absolute Gasteiger partial charge is 0.483 e. The van der Waals surface area contributed by atoms with E-state index in [1.54, 1.807) is 4.90 Å². The van der Waals surface area contributed by atoms with Crippen LogP contribution in [0.2, 0.25) is 0 Å². The van der Waals surface area contributed by atoms with Gasteiger partial charge in [-0.15, -0.1) is 0 Å². The van der Waals surface area contributed by atoms with Crippen LogP contribution in [0.3, 0.4) is 0 Å². The Balaban J connectivity index is 2.22. The monoisotopic (exact) mass is 452 g/mol. The lowest BCUT2D eigenvalue weighted by Gasteiger charge is -2.33. The molecule has 0 aliphatic rings. The van der Waals surface area contributed by atoms with Crippen molar-refractivity contribution in [2.45, 2.75) is 78.3 Å². The minimum atomic E-state index is -0.554. The molecule has 2 aromatic carbocycles. The van der Waals surface area contributed by atoms with Gasteiger partial charge in [-0.2, -0.15) is 0 Å². The van der Waals surface area contributed by atoms with Crippen molar-refractivity contribution in [1.82, 2.24) is 10.2 Å². The summed E-state index contributed by atoms with van der Waals surface area (Å²) < 4.78 is 6.01. The molecule has 0 aliphatic heterocycles. The topological polar surface area (TPSA) is 58.6 Å². The summed E-state index contributed by atoms with van der Waals surface area (Å²) in [5.41, 5.74) is 1.69. The van der Waals surface area contributed by atoms with Crippen LogP contribution >= 0.6 is 0 Å². The lowest BCUT2D eigenvalue weighted by molar-refractivity contribution is -0.142. The second kappa shape index (κ2) is 11.4. The molecule has 0 unspecified atom stereocenters. The molecule has 2 aromatic rings. The number of nitrogens with one attached hydrogen (secondary N) is 1. The molecule has 0 saturated carbocycles. The Kier molecular flexibility index (Phi) is 9.09. The maximum Gasteiger partial charge on any atom is 0.261 e. The summed E-state index contributed by atoms with van der Waals surface area (Å²) in [5, 5.41) is 3.03. The van der Waals surface area contributed by atoms with Crippen molar-refractivity contribution < 1.29 is 14.3 Å². The van der Waals surface area contributed by atoms with Gasteiger partial charge in [0, 0.05) is 12.1 Å². The third kappa shape index (κ3) is 8.23. The highest BCUT2D eigenvalue weighted by molar-refractivity contribution is 5.88. The third-order valence-electron chi connectivity index (χ3n) is 5.41. The van der Waals surface area contributed by atoms with E-state index in [0.717, 1.165) is 11.1 Å². The van der Waals surface area contributed by atoms with E-state index >= 15 is 0 Å². The Bertz CT molecular complexity index is 911. The number of hydrogen-bond donors (Lipinski definition) is 1. The predicted octanol–water partition coefficient (Wildman–Crippen LogP) is 5.13. The number of para-hydroxylation sites is 1. The SMILES string of the molecule is CC[C@H](C(=O)NC(C)(C)C)N(CCc1ccccc1)C(=O)COc1ccccc1C(C)(C)C. The summed E-state index contributed by atoms with van der Waals surface area (Å²) in [7, 11) is 0. The zero-order chi connectivity index (χ0) is 24.6. The first-order valence-electron chi connectivity index (χ1n) is 11.8. The van der Waals surface area contributed by atoms with Gasteiger partial charge in [0.25, 0.3) is 5.91 Å². The van der Waals surface area contributed by atoms with E-state index < -0.39 is 6.04 Å². The molecule has 0 heterocycles. The molecule has 180 valence electrons. The highest BCUT2D eigenvalue weighted by Gasteiger charge is 2.31. The number of ether oxygens (including phenoxy) is 1. The number of amides is 2. The molecule has 0 fully saturated rings. The first-order valence-corrected chi connectivity index (χ1v) is 11.8. The average molecular weight is 453 g/mol. The van der Waals surface area contributed by atoms with Gasteiger partial charge in [0.1, 0.15) is 11.8 Å². The molecule has 5 heteroatoms. The first-order chi connectivity index (χ1) is 15.4. The van der Waals surface area contributed by atoms with E-state index in [9.17, 15) is 9.59 Å². The smallest absolute Gasteiger partial charge is 0.261 e. The van der Waals surface area contributed by atoms with Gasteiger partial charge in [-0.05, 0) is 56.2 Å². The molecule has 0 aliphatic carbocycles. The summed E-state index contributed by atoms with van der Waals surface area (Å²) in [6.07, 6.45) is 1.20. The van der Waals surface area contributed by atoms with Crippen molar-refractivity contribution in [3.63, 3.8) is 0 Å². The minimum absolute atomic E-state index is 0.106. The maximum atomic E-state index is 13.4. The van der Waals surface area contributed by atoms with Crippen LogP contribution in [-0.2, 0) is 21.4 Å². The maximum absolute atomic E-state index is 13.4. The van der Waals surface area contributed by atoms with Gasteiger partial charge >= 0.3 is 0 Å². The van der Waals surface area contributed by atoms with Crippen molar-refractivity contribution in [3.8, 4) is 5.75 Å². The summed E-state index contributed by atoms with van der Waals surface area (Å²) in [6, 6.07) is 17.3. The van der Waals surface area contributed by atoms with Crippen LogP contribution in [-0.4, -0.2) is 41.4 Å². The van der Waals surface area contributed by atoms with E-state index in [0.29, 0.717) is 25.1 Å². The fourth-order valence-electron chi connectivity index (χ4n) is 3.78. The molecule has 0 spiro atoms. The van der Waals surface area contributed by atoms with E-state index in [1.165, 1.54) is 0 Å². The number of hydrogen-bond acceptors (Lipinski definition) is 3. The predicted molar refractivity (Wildman–Crippen MR) is 134 cm³/mol. The molecule has 1 atom stereocenters. The molecule has 0 aromatic heterocycles.